The average molecular weight is 320 g/mol. The molecule has 1 aliphatic rings. The molecule has 1 saturated heterocycles. The minimum absolute atomic E-state index is 0.773. The molecule has 0 unspecified atom stereocenters. The molecule has 0 bridgehead atoms. The van der Waals surface area contributed by atoms with Crippen LogP contribution in [0.3, 0.4) is 0 Å². The van der Waals surface area contributed by atoms with Crippen LogP contribution in [0.5, 0.6) is 5.75 Å². The van der Waals surface area contributed by atoms with Gasteiger partial charge in [0.05, 0.1) is 17.6 Å². The molecule has 1 aliphatic heterocycles. The van der Waals surface area contributed by atoms with Crippen molar-refractivity contribution in [2.45, 2.75) is 25.7 Å². The monoisotopic (exact) mass is 320 g/mol. The second-order valence-corrected chi connectivity index (χ2v) is 6.64. The molecular formula is C21H24N2O. The van der Waals surface area contributed by atoms with Gasteiger partial charge in [0.2, 0.25) is 0 Å². The van der Waals surface area contributed by atoms with Gasteiger partial charge in [-0.1, -0.05) is 24.6 Å². The van der Waals surface area contributed by atoms with E-state index in [1.54, 1.807) is 0 Å². The second kappa shape index (κ2) is 7.18. The molecule has 0 N–H and O–H groups in total. The van der Waals surface area contributed by atoms with Crippen LogP contribution < -0.4 is 4.74 Å². The third-order valence-corrected chi connectivity index (χ3v) is 4.83. The largest absolute Gasteiger partial charge is 0.493 e. The quantitative estimate of drug-likeness (QED) is 0.506. The number of ether oxygens (including phenoxy) is 1. The van der Waals surface area contributed by atoms with Crippen LogP contribution in [0.1, 0.15) is 25.7 Å². The van der Waals surface area contributed by atoms with Crippen LogP contribution in [0.25, 0.3) is 21.8 Å². The molecule has 24 heavy (non-hydrogen) atoms. The molecule has 0 aliphatic carbocycles. The Morgan fingerprint density at radius 3 is 2.62 bits per heavy atom. The van der Waals surface area contributed by atoms with E-state index in [4.69, 9.17) is 9.72 Å². The molecule has 3 heteroatoms. The summed E-state index contributed by atoms with van der Waals surface area (Å²) in [6.45, 7) is 4.44. The molecule has 3 aromatic rings. The second-order valence-electron chi connectivity index (χ2n) is 6.64. The zero-order valence-electron chi connectivity index (χ0n) is 14.1. The SMILES string of the molecule is c1ccc2nc3cc(OCCCN4CCCCC4)ccc3cc2c1. The molecule has 4 rings (SSSR count). The van der Waals surface area contributed by atoms with Crippen LogP contribution in [0.2, 0.25) is 0 Å². The van der Waals surface area contributed by atoms with Gasteiger partial charge in [0, 0.05) is 23.4 Å². The van der Waals surface area contributed by atoms with Crippen molar-refractivity contribution in [3.8, 4) is 5.75 Å². The molecule has 0 atom stereocenters. The van der Waals surface area contributed by atoms with Crippen molar-refractivity contribution in [3.63, 3.8) is 0 Å². The van der Waals surface area contributed by atoms with Gasteiger partial charge in [0.15, 0.2) is 0 Å². The molecule has 3 nitrogen and oxygen atoms in total. The van der Waals surface area contributed by atoms with Crippen molar-refractivity contribution < 1.29 is 4.74 Å². The minimum Gasteiger partial charge on any atom is -0.493 e. The molecule has 0 saturated carbocycles. The number of piperidine rings is 1. The first kappa shape index (κ1) is 15.4. The molecule has 0 amide bonds. The lowest BCUT2D eigenvalue weighted by Gasteiger charge is -2.26. The highest BCUT2D eigenvalue weighted by molar-refractivity contribution is 5.93. The van der Waals surface area contributed by atoms with Gasteiger partial charge in [-0.3, -0.25) is 0 Å². The summed E-state index contributed by atoms with van der Waals surface area (Å²) in [5.74, 6) is 0.920. The van der Waals surface area contributed by atoms with Crippen LogP contribution >= 0.6 is 0 Å². The number of hydrogen-bond acceptors (Lipinski definition) is 3. The van der Waals surface area contributed by atoms with Crippen molar-refractivity contribution in [1.82, 2.24) is 9.88 Å². The fourth-order valence-corrected chi connectivity index (χ4v) is 3.50. The van der Waals surface area contributed by atoms with Crippen molar-refractivity contribution in [2.75, 3.05) is 26.2 Å². The number of pyridine rings is 1. The maximum atomic E-state index is 5.95. The summed E-state index contributed by atoms with van der Waals surface area (Å²) < 4.78 is 5.95. The number of rotatable bonds is 5. The molecule has 124 valence electrons. The third kappa shape index (κ3) is 3.51. The summed E-state index contributed by atoms with van der Waals surface area (Å²) in [6, 6.07) is 16.7. The lowest BCUT2D eigenvalue weighted by atomic mass is 10.1. The van der Waals surface area contributed by atoms with Gasteiger partial charge in [0.1, 0.15) is 5.75 Å². The highest BCUT2D eigenvalue weighted by atomic mass is 16.5. The molecule has 2 heterocycles. The predicted molar refractivity (Wildman–Crippen MR) is 99.7 cm³/mol. The van der Waals surface area contributed by atoms with Gasteiger partial charge < -0.3 is 9.64 Å². The van der Waals surface area contributed by atoms with Crippen LogP contribution in [-0.4, -0.2) is 36.1 Å². The number of likely N-dealkylation sites (tertiary alicyclic amines) is 1. The first-order valence-corrected chi connectivity index (χ1v) is 9.03. The first-order valence-electron chi connectivity index (χ1n) is 9.03. The van der Waals surface area contributed by atoms with E-state index >= 15 is 0 Å². The Balaban J connectivity index is 1.40. The van der Waals surface area contributed by atoms with Crippen molar-refractivity contribution in [2.24, 2.45) is 0 Å². The Morgan fingerprint density at radius 1 is 0.875 bits per heavy atom. The van der Waals surface area contributed by atoms with Gasteiger partial charge in [0.25, 0.3) is 0 Å². The topological polar surface area (TPSA) is 25.4 Å². The van der Waals surface area contributed by atoms with Crippen LogP contribution in [0.15, 0.2) is 48.5 Å². The summed E-state index contributed by atoms with van der Waals surface area (Å²) in [6.07, 6.45) is 5.19. The highest BCUT2D eigenvalue weighted by Crippen LogP contribution is 2.23. The van der Waals surface area contributed by atoms with Crippen LogP contribution in [0, 0.1) is 0 Å². The summed E-state index contributed by atoms with van der Waals surface area (Å²) >= 11 is 0. The van der Waals surface area contributed by atoms with Crippen molar-refractivity contribution in [1.29, 1.82) is 0 Å². The normalized spacial score (nSPS) is 15.8. The number of para-hydroxylation sites is 1. The fraction of sp³-hybridized carbons (Fsp3) is 0.381. The van der Waals surface area contributed by atoms with Gasteiger partial charge in [-0.25, -0.2) is 4.98 Å². The first-order chi connectivity index (χ1) is 11.9. The van der Waals surface area contributed by atoms with E-state index in [9.17, 15) is 0 Å². The highest BCUT2D eigenvalue weighted by Gasteiger charge is 2.09. The Bertz CT molecular complexity index is 824. The van der Waals surface area contributed by atoms with E-state index in [0.717, 1.165) is 41.7 Å². The van der Waals surface area contributed by atoms with Gasteiger partial charge >= 0.3 is 0 Å². The number of nitrogens with zero attached hydrogens (tertiary/aromatic N) is 2. The Morgan fingerprint density at radius 2 is 1.71 bits per heavy atom. The Kier molecular flexibility index (Phi) is 4.61. The number of benzene rings is 2. The summed E-state index contributed by atoms with van der Waals surface area (Å²) in [7, 11) is 0. The third-order valence-electron chi connectivity index (χ3n) is 4.83. The maximum absolute atomic E-state index is 5.95. The lowest BCUT2D eigenvalue weighted by molar-refractivity contribution is 0.205. The van der Waals surface area contributed by atoms with E-state index in [0.29, 0.717) is 0 Å². The molecular weight excluding hydrogens is 296 g/mol. The van der Waals surface area contributed by atoms with Gasteiger partial charge in [-0.2, -0.15) is 0 Å². The molecule has 1 aromatic heterocycles. The Labute approximate surface area is 143 Å². The zero-order chi connectivity index (χ0) is 16.2. The zero-order valence-corrected chi connectivity index (χ0v) is 14.1. The minimum atomic E-state index is 0.773. The molecule has 1 fully saturated rings. The smallest absolute Gasteiger partial charge is 0.121 e. The van der Waals surface area contributed by atoms with Gasteiger partial charge in [-0.15, -0.1) is 0 Å². The molecule has 2 aromatic carbocycles. The summed E-state index contributed by atoms with van der Waals surface area (Å²) in [5, 5.41) is 2.34. The van der Waals surface area contributed by atoms with Gasteiger partial charge in [-0.05, 0) is 56.6 Å². The Hall–Kier alpha value is -2.13. The average Bonchev–Trinajstić information content (AvgIpc) is 2.64. The van der Waals surface area contributed by atoms with E-state index in [1.165, 1.54) is 37.7 Å². The number of hydrogen-bond donors (Lipinski definition) is 0. The van der Waals surface area contributed by atoms with E-state index < -0.39 is 0 Å². The van der Waals surface area contributed by atoms with Crippen LogP contribution in [0.4, 0.5) is 0 Å². The molecule has 0 spiro atoms. The molecule has 0 radical (unpaired) electrons. The van der Waals surface area contributed by atoms with E-state index in [2.05, 4.69) is 47.4 Å². The van der Waals surface area contributed by atoms with E-state index in [1.807, 2.05) is 6.07 Å². The van der Waals surface area contributed by atoms with E-state index in [-0.39, 0.29) is 0 Å². The standard InChI is InChI=1S/C21H24N2O/c1-4-11-23(12-5-1)13-6-14-24-19-10-9-18-15-17-7-2-3-8-20(17)22-21(18)16-19/h2-3,7-10,15-16H,1,4-6,11-14H2. The number of fused-ring (bicyclic) bond motifs is 2. The van der Waals surface area contributed by atoms with Crippen molar-refractivity contribution in [3.05, 3.63) is 48.5 Å². The number of aromatic nitrogens is 1. The predicted octanol–water partition coefficient (Wildman–Crippen LogP) is 4.64. The lowest BCUT2D eigenvalue weighted by Crippen LogP contribution is -2.31. The fourth-order valence-electron chi connectivity index (χ4n) is 3.50. The maximum Gasteiger partial charge on any atom is 0.121 e. The summed E-state index contributed by atoms with van der Waals surface area (Å²) in [5.41, 5.74) is 2.04. The van der Waals surface area contributed by atoms with Crippen molar-refractivity contribution >= 4 is 21.8 Å². The summed E-state index contributed by atoms with van der Waals surface area (Å²) in [4.78, 5) is 7.31. The van der Waals surface area contributed by atoms with Crippen LogP contribution in [-0.2, 0) is 0 Å².